The number of aromatic hydroxyl groups is 1. The van der Waals surface area contributed by atoms with Crippen LogP contribution in [0.15, 0.2) is 30.9 Å². The molecule has 0 radical (unpaired) electrons. The third-order valence-corrected chi connectivity index (χ3v) is 7.43. The molecule has 1 saturated carbocycles. The van der Waals surface area contributed by atoms with Gasteiger partial charge in [0.15, 0.2) is 0 Å². The minimum atomic E-state index is -2.75. The monoisotopic (exact) mass is 514 g/mol. The molecule has 1 fully saturated rings. The van der Waals surface area contributed by atoms with E-state index in [0.29, 0.717) is 43.6 Å². The van der Waals surface area contributed by atoms with E-state index in [0.717, 1.165) is 17.0 Å². The molecule has 0 bridgehead atoms. The summed E-state index contributed by atoms with van der Waals surface area (Å²) in [6.45, 7) is 10.00. The lowest BCUT2D eigenvalue weighted by molar-refractivity contribution is -0.126. The average molecular weight is 515 g/mol. The van der Waals surface area contributed by atoms with E-state index in [9.17, 15) is 23.5 Å². The van der Waals surface area contributed by atoms with Gasteiger partial charge >= 0.3 is 6.09 Å². The molecule has 1 aliphatic carbocycles. The van der Waals surface area contributed by atoms with E-state index in [1.807, 2.05) is 0 Å². The zero-order valence-electron chi connectivity index (χ0n) is 21.3. The molecular formula is C27H32F2N4O4. The number of phenolic OH excluding ortho intramolecular Hbond substituents is 1. The molecule has 1 aromatic carbocycles. The van der Waals surface area contributed by atoms with Crippen LogP contribution in [0.4, 0.5) is 13.6 Å². The molecule has 1 N–H and O–H groups in total. The Morgan fingerprint density at radius 1 is 1.24 bits per heavy atom. The number of hydrogen-bond acceptors (Lipinski definition) is 5. The minimum Gasteiger partial charge on any atom is -0.506 e. The molecule has 5 rings (SSSR count). The third kappa shape index (κ3) is 4.46. The first kappa shape index (κ1) is 25.2. The smallest absolute Gasteiger partial charge is 0.410 e. The zero-order valence-corrected chi connectivity index (χ0v) is 21.3. The Labute approximate surface area is 214 Å². The van der Waals surface area contributed by atoms with Crippen LogP contribution in [-0.4, -0.2) is 67.8 Å². The summed E-state index contributed by atoms with van der Waals surface area (Å²) >= 11 is 0. The maximum atomic E-state index is 13.9. The molecule has 198 valence electrons. The molecule has 2 unspecified atom stereocenters. The largest absolute Gasteiger partial charge is 0.506 e. The summed E-state index contributed by atoms with van der Waals surface area (Å²) in [6.07, 6.45) is 1.95. The summed E-state index contributed by atoms with van der Waals surface area (Å²) < 4.78 is 35.2. The SMILES string of the molecule is C=CC(=O)N1CCc2nn(-c3ccc(C4CCC4(F)F)cc3O)c3c2C(C1)N(C(=O)OC(C)(C)C)CC3. The first-order valence-corrected chi connectivity index (χ1v) is 12.6. The van der Waals surface area contributed by atoms with Crippen LogP contribution in [0, 0.1) is 0 Å². The van der Waals surface area contributed by atoms with Gasteiger partial charge in [0, 0.05) is 50.4 Å². The number of hydrogen-bond donors (Lipinski definition) is 1. The molecule has 2 atom stereocenters. The van der Waals surface area contributed by atoms with Crippen molar-refractivity contribution in [1.82, 2.24) is 19.6 Å². The van der Waals surface area contributed by atoms with Crippen molar-refractivity contribution in [3.63, 3.8) is 0 Å². The molecule has 2 aromatic rings. The fourth-order valence-corrected chi connectivity index (χ4v) is 5.52. The van der Waals surface area contributed by atoms with Crippen LogP contribution < -0.4 is 0 Å². The van der Waals surface area contributed by atoms with Crippen LogP contribution in [0.3, 0.4) is 0 Å². The lowest BCUT2D eigenvalue weighted by Gasteiger charge is -2.38. The molecule has 1 aromatic heterocycles. The highest BCUT2D eigenvalue weighted by Crippen LogP contribution is 2.50. The predicted molar refractivity (Wildman–Crippen MR) is 132 cm³/mol. The van der Waals surface area contributed by atoms with Gasteiger partial charge in [0.1, 0.15) is 17.0 Å². The van der Waals surface area contributed by atoms with Crippen LogP contribution in [-0.2, 0) is 22.4 Å². The second kappa shape index (κ2) is 8.85. The van der Waals surface area contributed by atoms with Gasteiger partial charge in [-0.3, -0.25) is 9.69 Å². The van der Waals surface area contributed by atoms with Crippen molar-refractivity contribution in [3.8, 4) is 11.4 Å². The normalized spacial score (nSPS) is 22.5. The van der Waals surface area contributed by atoms with E-state index in [4.69, 9.17) is 9.84 Å². The van der Waals surface area contributed by atoms with Crippen molar-refractivity contribution < 1.29 is 28.2 Å². The molecule has 3 aliphatic rings. The van der Waals surface area contributed by atoms with E-state index in [1.54, 1.807) is 47.4 Å². The number of phenols is 1. The number of carbonyl (C=O) groups is 2. The van der Waals surface area contributed by atoms with Gasteiger partial charge in [0.2, 0.25) is 5.91 Å². The fourth-order valence-electron chi connectivity index (χ4n) is 5.52. The highest BCUT2D eigenvalue weighted by Gasteiger charge is 2.49. The van der Waals surface area contributed by atoms with Gasteiger partial charge in [-0.05, 0) is 51.0 Å². The molecule has 37 heavy (non-hydrogen) atoms. The Kier molecular flexibility index (Phi) is 6.03. The fraction of sp³-hybridized carbons (Fsp3) is 0.519. The van der Waals surface area contributed by atoms with E-state index >= 15 is 0 Å². The highest BCUT2D eigenvalue weighted by atomic mass is 19.3. The quantitative estimate of drug-likeness (QED) is 0.610. The van der Waals surface area contributed by atoms with Crippen molar-refractivity contribution in [1.29, 1.82) is 0 Å². The number of aromatic nitrogens is 2. The number of amides is 2. The van der Waals surface area contributed by atoms with Crippen LogP contribution in [0.5, 0.6) is 5.75 Å². The summed E-state index contributed by atoms with van der Waals surface area (Å²) in [6, 6.07) is 4.18. The second-order valence-corrected chi connectivity index (χ2v) is 11.0. The molecular weight excluding hydrogens is 482 g/mol. The summed E-state index contributed by atoms with van der Waals surface area (Å²) in [7, 11) is 0. The van der Waals surface area contributed by atoms with Gasteiger partial charge in [-0.1, -0.05) is 12.6 Å². The van der Waals surface area contributed by atoms with Crippen molar-refractivity contribution in [2.75, 3.05) is 19.6 Å². The van der Waals surface area contributed by atoms with E-state index in [2.05, 4.69) is 6.58 Å². The number of halogens is 2. The second-order valence-electron chi connectivity index (χ2n) is 11.0. The Morgan fingerprint density at radius 3 is 2.59 bits per heavy atom. The van der Waals surface area contributed by atoms with E-state index in [1.165, 1.54) is 12.1 Å². The van der Waals surface area contributed by atoms with Crippen molar-refractivity contribution in [2.24, 2.45) is 0 Å². The lowest BCUT2D eigenvalue weighted by Crippen LogP contribution is -2.47. The van der Waals surface area contributed by atoms with Crippen LogP contribution in [0.2, 0.25) is 0 Å². The van der Waals surface area contributed by atoms with Crippen LogP contribution in [0.1, 0.15) is 68.1 Å². The Bertz CT molecular complexity index is 1270. The minimum absolute atomic E-state index is 0.122. The molecule has 0 saturated heterocycles. The number of benzene rings is 1. The highest BCUT2D eigenvalue weighted by molar-refractivity contribution is 5.87. The standard InChI is InChI=1S/C27H32F2N4O4/c1-5-23(35)31-12-9-18-24-20(10-13-32(21(24)15-31)25(36)37-26(2,3)4)33(30-18)19-7-6-16(14-22(19)34)17-8-11-27(17,28)29/h5-7,14,17,21,34H,1,8-13,15H2,2-4H3. The van der Waals surface area contributed by atoms with Gasteiger partial charge in [-0.15, -0.1) is 0 Å². The number of ether oxygens (including phenoxy) is 1. The maximum absolute atomic E-state index is 13.9. The van der Waals surface area contributed by atoms with Crippen molar-refractivity contribution >= 4 is 12.0 Å². The summed E-state index contributed by atoms with van der Waals surface area (Å²) in [5.41, 5.74) is 2.51. The molecule has 3 heterocycles. The topological polar surface area (TPSA) is 87.9 Å². The average Bonchev–Trinajstić information content (AvgIpc) is 3.06. The van der Waals surface area contributed by atoms with Gasteiger partial charge < -0.3 is 14.7 Å². The van der Waals surface area contributed by atoms with Crippen molar-refractivity contribution in [3.05, 3.63) is 53.4 Å². The maximum Gasteiger partial charge on any atom is 0.410 e. The van der Waals surface area contributed by atoms with Gasteiger partial charge in [0.05, 0.1) is 17.4 Å². The molecule has 2 aliphatic heterocycles. The van der Waals surface area contributed by atoms with Gasteiger partial charge in [-0.25, -0.2) is 18.3 Å². The molecule has 0 spiro atoms. The molecule has 2 amide bonds. The number of carbonyl (C=O) groups excluding carboxylic acids is 2. The summed E-state index contributed by atoms with van der Waals surface area (Å²) in [5.74, 6) is -3.99. The summed E-state index contributed by atoms with van der Waals surface area (Å²) in [5, 5.41) is 15.7. The van der Waals surface area contributed by atoms with Crippen molar-refractivity contribution in [2.45, 2.75) is 69.9 Å². The Morgan fingerprint density at radius 2 is 2.00 bits per heavy atom. The predicted octanol–water partition coefficient (Wildman–Crippen LogP) is 4.50. The molecule has 8 nitrogen and oxygen atoms in total. The third-order valence-electron chi connectivity index (χ3n) is 7.43. The first-order chi connectivity index (χ1) is 17.4. The lowest BCUT2D eigenvalue weighted by atomic mass is 9.76. The van der Waals surface area contributed by atoms with E-state index in [-0.39, 0.29) is 24.6 Å². The van der Waals surface area contributed by atoms with Crippen LogP contribution >= 0.6 is 0 Å². The molecule has 10 heteroatoms. The van der Waals surface area contributed by atoms with Gasteiger partial charge in [-0.2, -0.15) is 5.10 Å². The van der Waals surface area contributed by atoms with E-state index < -0.39 is 29.6 Å². The number of rotatable bonds is 3. The Hall–Kier alpha value is -3.43. The number of alkyl halides is 2. The van der Waals surface area contributed by atoms with Crippen LogP contribution in [0.25, 0.3) is 5.69 Å². The zero-order chi connectivity index (χ0) is 26.7. The summed E-state index contributed by atoms with van der Waals surface area (Å²) in [4.78, 5) is 29.0. The van der Waals surface area contributed by atoms with Gasteiger partial charge in [0.25, 0.3) is 5.92 Å². The first-order valence-electron chi connectivity index (χ1n) is 12.6. The number of nitrogens with zero attached hydrogens (tertiary/aromatic N) is 4. The Balaban J connectivity index is 1.54.